The van der Waals surface area contributed by atoms with Gasteiger partial charge in [0.25, 0.3) is 0 Å². The van der Waals surface area contributed by atoms with Crippen LogP contribution in [0.3, 0.4) is 0 Å². The average molecular weight is 364 g/mol. The molecule has 8 nitrogen and oxygen atoms in total. The number of hydrogen-bond donors (Lipinski definition) is 2. The third kappa shape index (κ3) is 6.09. The number of amides is 3. The summed E-state index contributed by atoms with van der Waals surface area (Å²) < 4.78 is 10.5. The van der Waals surface area contributed by atoms with E-state index in [4.69, 9.17) is 9.47 Å². The van der Waals surface area contributed by atoms with Gasteiger partial charge >= 0.3 is 12.1 Å². The first-order chi connectivity index (χ1) is 12.3. The van der Waals surface area contributed by atoms with Gasteiger partial charge in [0.2, 0.25) is 5.88 Å². The van der Waals surface area contributed by atoms with Crippen LogP contribution in [0.25, 0.3) is 0 Å². The number of piperidine rings is 1. The Morgan fingerprint density at radius 3 is 2.85 bits per heavy atom. The highest BCUT2D eigenvalue weighted by Crippen LogP contribution is 2.15. The van der Waals surface area contributed by atoms with Crippen molar-refractivity contribution in [3.05, 3.63) is 23.9 Å². The second kappa shape index (κ2) is 8.73. The van der Waals surface area contributed by atoms with Gasteiger partial charge in [-0.15, -0.1) is 0 Å². The summed E-state index contributed by atoms with van der Waals surface area (Å²) in [6, 6.07) is 3.37. The van der Waals surface area contributed by atoms with Crippen molar-refractivity contribution in [3.8, 4) is 5.88 Å². The molecule has 144 valence electrons. The number of alkyl carbamates (subject to hydrolysis) is 1. The zero-order valence-corrected chi connectivity index (χ0v) is 15.9. The standard InChI is InChI=1S/C18H28N4O4/c1-18(2,3)26-17(24)21-14-8-6-10-22(12-14)16(23)20-11-13-7-5-9-19-15(13)25-4/h5,7,9,14H,6,8,10-12H2,1-4H3,(H,20,23)(H,21,24). The molecule has 0 bridgehead atoms. The molecule has 1 saturated heterocycles. The minimum atomic E-state index is -0.543. The highest BCUT2D eigenvalue weighted by molar-refractivity contribution is 5.74. The zero-order chi connectivity index (χ0) is 19.2. The summed E-state index contributed by atoms with van der Waals surface area (Å²) >= 11 is 0. The minimum Gasteiger partial charge on any atom is -0.481 e. The van der Waals surface area contributed by atoms with Gasteiger partial charge in [0, 0.05) is 37.4 Å². The number of methoxy groups -OCH3 is 1. The van der Waals surface area contributed by atoms with Crippen LogP contribution in [0, 0.1) is 0 Å². The molecule has 0 aliphatic carbocycles. The van der Waals surface area contributed by atoms with Gasteiger partial charge in [0.15, 0.2) is 0 Å². The molecule has 0 saturated carbocycles. The van der Waals surface area contributed by atoms with Crippen LogP contribution in [0.1, 0.15) is 39.2 Å². The van der Waals surface area contributed by atoms with Crippen LogP contribution in [0.2, 0.25) is 0 Å². The second-order valence-corrected chi connectivity index (χ2v) is 7.26. The first-order valence-corrected chi connectivity index (χ1v) is 8.78. The van der Waals surface area contributed by atoms with Gasteiger partial charge in [-0.05, 0) is 39.7 Å². The third-order valence-electron chi connectivity index (χ3n) is 3.90. The number of pyridine rings is 1. The fourth-order valence-electron chi connectivity index (χ4n) is 2.78. The molecule has 2 N–H and O–H groups in total. The summed E-state index contributed by atoms with van der Waals surface area (Å²) in [6.45, 7) is 6.90. The van der Waals surface area contributed by atoms with E-state index in [1.54, 1.807) is 24.3 Å². The topological polar surface area (TPSA) is 92.8 Å². The lowest BCUT2D eigenvalue weighted by Gasteiger charge is -2.33. The van der Waals surface area contributed by atoms with E-state index in [1.807, 2.05) is 26.8 Å². The van der Waals surface area contributed by atoms with Gasteiger partial charge in [-0.25, -0.2) is 14.6 Å². The number of carbonyl (C=O) groups is 2. The highest BCUT2D eigenvalue weighted by Gasteiger charge is 2.26. The van der Waals surface area contributed by atoms with Crippen LogP contribution in [0.4, 0.5) is 9.59 Å². The monoisotopic (exact) mass is 364 g/mol. The number of rotatable bonds is 4. The van der Waals surface area contributed by atoms with E-state index in [0.717, 1.165) is 18.4 Å². The van der Waals surface area contributed by atoms with Crippen molar-refractivity contribution in [3.63, 3.8) is 0 Å². The largest absolute Gasteiger partial charge is 0.481 e. The predicted octanol–water partition coefficient (Wildman–Crippen LogP) is 2.29. The Bertz CT molecular complexity index is 630. The second-order valence-electron chi connectivity index (χ2n) is 7.26. The lowest BCUT2D eigenvalue weighted by atomic mass is 10.1. The Kier molecular flexibility index (Phi) is 6.65. The van der Waals surface area contributed by atoms with Crippen LogP contribution in [0.15, 0.2) is 18.3 Å². The average Bonchev–Trinajstić information content (AvgIpc) is 2.58. The Morgan fingerprint density at radius 2 is 2.15 bits per heavy atom. The molecule has 3 amide bonds. The molecule has 1 aliphatic rings. The SMILES string of the molecule is COc1ncccc1CNC(=O)N1CCCC(NC(=O)OC(C)(C)C)C1. The van der Waals surface area contributed by atoms with E-state index in [1.165, 1.54) is 0 Å². The van der Waals surface area contributed by atoms with Crippen LogP contribution >= 0.6 is 0 Å². The molecule has 1 fully saturated rings. The summed E-state index contributed by atoms with van der Waals surface area (Å²) in [5, 5.41) is 5.72. The van der Waals surface area contributed by atoms with Crippen molar-refractivity contribution in [2.45, 2.75) is 51.8 Å². The van der Waals surface area contributed by atoms with Crippen molar-refractivity contribution in [1.82, 2.24) is 20.5 Å². The molecule has 0 spiro atoms. The Hall–Kier alpha value is -2.51. The normalized spacial score (nSPS) is 17.4. The Morgan fingerprint density at radius 1 is 1.38 bits per heavy atom. The van der Waals surface area contributed by atoms with E-state index in [9.17, 15) is 9.59 Å². The van der Waals surface area contributed by atoms with Crippen LogP contribution in [0.5, 0.6) is 5.88 Å². The number of urea groups is 1. The molecule has 8 heteroatoms. The van der Waals surface area contributed by atoms with Gasteiger partial charge in [0.05, 0.1) is 7.11 Å². The molecule has 0 aromatic carbocycles. The molecular weight excluding hydrogens is 336 g/mol. The number of nitrogens with one attached hydrogen (secondary N) is 2. The smallest absolute Gasteiger partial charge is 0.407 e. The van der Waals surface area contributed by atoms with E-state index >= 15 is 0 Å². The lowest BCUT2D eigenvalue weighted by molar-refractivity contribution is 0.0479. The third-order valence-corrected chi connectivity index (χ3v) is 3.90. The van der Waals surface area contributed by atoms with Gasteiger partial charge in [-0.3, -0.25) is 0 Å². The summed E-state index contributed by atoms with van der Waals surface area (Å²) in [6.07, 6.45) is 2.83. The quantitative estimate of drug-likeness (QED) is 0.855. The van der Waals surface area contributed by atoms with Crippen molar-refractivity contribution in [1.29, 1.82) is 0 Å². The first kappa shape index (κ1) is 19.8. The first-order valence-electron chi connectivity index (χ1n) is 8.78. The molecule has 26 heavy (non-hydrogen) atoms. The van der Waals surface area contributed by atoms with Crippen molar-refractivity contribution in [2.24, 2.45) is 0 Å². The molecular formula is C18H28N4O4. The molecule has 1 atom stereocenters. The van der Waals surface area contributed by atoms with Gasteiger partial charge < -0.3 is 25.0 Å². The Balaban J connectivity index is 1.84. The van der Waals surface area contributed by atoms with Crippen molar-refractivity contribution < 1.29 is 19.1 Å². The fraction of sp³-hybridized carbons (Fsp3) is 0.611. The van der Waals surface area contributed by atoms with Crippen LogP contribution < -0.4 is 15.4 Å². The maximum atomic E-state index is 12.4. The van der Waals surface area contributed by atoms with E-state index in [-0.39, 0.29) is 12.1 Å². The number of aromatic nitrogens is 1. The zero-order valence-electron chi connectivity index (χ0n) is 15.9. The maximum absolute atomic E-state index is 12.4. The molecule has 1 aromatic heterocycles. The fourth-order valence-corrected chi connectivity index (χ4v) is 2.78. The molecule has 2 heterocycles. The lowest BCUT2D eigenvalue weighted by Crippen LogP contribution is -2.52. The van der Waals surface area contributed by atoms with E-state index in [2.05, 4.69) is 15.6 Å². The van der Waals surface area contributed by atoms with Crippen molar-refractivity contribution >= 4 is 12.1 Å². The van der Waals surface area contributed by atoms with Crippen molar-refractivity contribution in [2.75, 3.05) is 20.2 Å². The van der Waals surface area contributed by atoms with Gasteiger partial charge in [0.1, 0.15) is 5.60 Å². The van der Waals surface area contributed by atoms with Crippen LogP contribution in [-0.2, 0) is 11.3 Å². The molecule has 2 rings (SSSR count). The number of likely N-dealkylation sites (tertiary alicyclic amines) is 1. The maximum Gasteiger partial charge on any atom is 0.407 e. The predicted molar refractivity (Wildman–Crippen MR) is 97.0 cm³/mol. The number of hydrogen-bond acceptors (Lipinski definition) is 5. The van der Waals surface area contributed by atoms with Gasteiger partial charge in [-0.2, -0.15) is 0 Å². The summed E-state index contributed by atoms with van der Waals surface area (Å²) in [4.78, 5) is 30.2. The molecule has 0 radical (unpaired) electrons. The van der Waals surface area contributed by atoms with Gasteiger partial charge in [-0.1, -0.05) is 6.07 Å². The molecule has 1 aromatic rings. The minimum absolute atomic E-state index is 0.114. The highest BCUT2D eigenvalue weighted by atomic mass is 16.6. The summed E-state index contributed by atoms with van der Waals surface area (Å²) in [5.74, 6) is 0.496. The summed E-state index contributed by atoms with van der Waals surface area (Å²) in [7, 11) is 1.55. The molecule has 1 aliphatic heterocycles. The van der Waals surface area contributed by atoms with E-state index in [0.29, 0.717) is 25.5 Å². The summed E-state index contributed by atoms with van der Waals surface area (Å²) in [5.41, 5.74) is 0.266. The molecule has 1 unspecified atom stereocenters. The van der Waals surface area contributed by atoms with E-state index < -0.39 is 11.7 Å². The van der Waals surface area contributed by atoms with Crippen LogP contribution in [-0.4, -0.2) is 53.9 Å². The number of ether oxygens (including phenoxy) is 2. The Labute approximate surface area is 154 Å². The number of carbonyl (C=O) groups excluding carboxylic acids is 2. The number of nitrogens with zero attached hydrogens (tertiary/aromatic N) is 2.